The largest absolute Gasteiger partial charge is 0.343 e. The molecule has 2 aromatic heterocycles. The molecule has 0 aliphatic carbocycles. The standard InChI is InChI=1S/C16H17N5OS/c1-10-8-12(20-16(18-10)23-3)15(22)17-9-14-19-11-6-4-5-7-13(11)21(14)2/h4-8H,9H2,1-3H3,(H,17,22). The Kier molecular flexibility index (Phi) is 4.29. The van der Waals surface area contributed by atoms with Crippen LogP contribution in [-0.4, -0.2) is 31.7 Å². The summed E-state index contributed by atoms with van der Waals surface area (Å²) in [6, 6.07) is 9.57. The second kappa shape index (κ2) is 6.37. The maximum atomic E-state index is 12.3. The summed E-state index contributed by atoms with van der Waals surface area (Å²) in [6.07, 6.45) is 1.88. The van der Waals surface area contributed by atoms with E-state index in [1.165, 1.54) is 11.8 Å². The molecule has 0 aliphatic rings. The minimum atomic E-state index is -0.224. The van der Waals surface area contributed by atoms with Crippen LogP contribution in [0, 0.1) is 6.92 Å². The van der Waals surface area contributed by atoms with Crippen molar-refractivity contribution in [3.05, 3.63) is 47.5 Å². The van der Waals surface area contributed by atoms with Gasteiger partial charge in [-0.25, -0.2) is 15.0 Å². The summed E-state index contributed by atoms with van der Waals surface area (Å²) < 4.78 is 1.98. The molecule has 0 saturated carbocycles. The minimum absolute atomic E-state index is 0.224. The highest BCUT2D eigenvalue weighted by atomic mass is 32.2. The summed E-state index contributed by atoms with van der Waals surface area (Å²) in [5.41, 5.74) is 3.11. The number of para-hydroxylation sites is 2. The number of aromatic nitrogens is 4. The third kappa shape index (κ3) is 3.19. The zero-order valence-corrected chi connectivity index (χ0v) is 14.0. The number of rotatable bonds is 4. The molecule has 1 aromatic carbocycles. The zero-order valence-electron chi connectivity index (χ0n) is 13.2. The second-order valence-corrected chi connectivity index (χ2v) is 5.91. The van der Waals surface area contributed by atoms with Crippen molar-refractivity contribution >= 4 is 28.7 Å². The predicted octanol–water partition coefficient (Wildman–Crippen LogP) is 2.32. The van der Waals surface area contributed by atoms with Crippen LogP contribution in [0.1, 0.15) is 22.0 Å². The number of hydrogen-bond acceptors (Lipinski definition) is 5. The van der Waals surface area contributed by atoms with Gasteiger partial charge in [0.15, 0.2) is 5.16 Å². The number of nitrogens with zero attached hydrogens (tertiary/aromatic N) is 4. The summed E-state index contributed by atoms with van der Waals surface area (Å²) in [6.45, 7) is 2.20. The van der Waals surface area contributed by atoms with E-state index >= 15 is 0 Å². The van der Waals surface area contributed by atoms with Gasteiger partial charge in [0.1, 0.15) is 11.5 Å². The number of aryl methyl sites for hydroxylation is 2. The molecule has 23 heavy (non-hydrogen) atoms. The first kappa shape index (κ1) is 15.5. The Morgan fingerprint density at radius 1 is 1.26 bits per heavy atom. The SMILES string of the molecule is CSc1nc(C)cc(C(=O)NCc2nc3ccccc3n2C)n1. The molecule has 0 unspecified atom stereocenters. The molecule has 3 rings (SSSR count). The lowest BCUT2D eigenvalue weighted by Gasteiger charge is -2.06. The van der Waals surface area contributed by atoms with Crippen molar-refractivity contribution < 1.29 is 4.79 Å². The van der Waals surface area contributed by atoms with Gasteiger partial charge in [-0.2, -0.15) is 0 Å². The normalized spacial score (nSPS) is 10.9. The number of benzene rings is 1. The van der Waals surface area contributed by atoms with Crippen LogP contribution in [0.2, 0.25) is 0 Å². The van der Waals surface area contributed by atoms with Crippen molar-refractivity contribution in [3.63, 3.8) is 0 Å². The Labute approximate surface area is 138 Å². The molecule has 0 aliphatic heterocycles. The van der Waals surface area contributed by atoms with Crippen molar-refractivity contribution in [3.8, 4) is 0 Å². The van der Waals surface area contributed by atoms with Crippen LogP contribution in [0.4, 0.5) is 0 Å². The van der Waals surface area contributed by atoms with Crippen LogP contribution in [0.5, 0.6) is 0 Å². The molecule has 0 fully saturated rings. The van der Waals surface area contributed by atoms with Gasteiger partial charge in [0, 0.05) is 12.7 Å². The maximum absolute atomic E-state index is 12.3. The average Bonchev–Trinajstić information content (AvgIpc) is 2.88. The maximum Gasteiger partial charge on any atom is 0.270 e. The fraction of sp³-hybridized carbons (Fsp3) is 0.250. The monoisotopic (exact) mass is 327 g/mol. The molecule has 2 heterocycles. The lowest BCUT2D eigenvalue weighted by molar-refractivity contribution is 0.0943. The molecule has 0 spiro atoms. The second-order valence-electron chi connectivity index (χ2n) is 5.14. The van der Waals surface area contributed by atoms with Gasteiger partial charge in [0.2, 0.25) is 0 Å². The molecule has 1 amide bonds. The van der Waals surface area contributed by atoms with Crippen LogP contribution in [0.3, 0.4) is 0 Å². The van der Waals surface area contributed by atoms with Crippen molar-refractivity contribution in [1.82, 2.24) is 24.8 Å². The van der Waals surface area contributed by atoms with E-state index in [9.17, 15) is 4.79 Å². The number of carbonyl (C=O) groups excluding carboxylic acids is 1. The number of amides is 1. The van der Waals surface area contributed by atoms with Gasteiger partial charge >= 0.3 is 0 Å². The number of imidazole rings is 1. The zero-order chi connectivity index (χ0) is 16.4. The number of hydrogen-bond donors (Lipinski definition) is 1. The first-order valence-corrected chi connectivity index (χ1v) is 8.39. The van der Waals surface area contributed by atoms with E-state index in [0.29, 0.717) is 17.4 Å². The highest BCUT2D eigenvalue weighted by molar-refractivity contribution is 7.98. The first-order valence-electron chi connectivity index (χ1n) is 7.16. The topological polar surface area (TPSA) is 72.7 Å². The van der Waals surface area contributed by atoms with Crippen LogP contribution in [0.25, 0.3) is 11.0 Å². The molecular weight excluding hydrogens is 310 g/mol. The summed E-state index contributed by atoms with van der Waals surface area (Å²) in [4.78, 5) is 25.4. The molecule has 0 bridgehead atoms. The Morgan fingerprint density at radius 2 is 2.04 bits per heavy atom. The van der Waals surface area contributed by atoms with Crippen LogP contribution in [-0.2, 0) is 13.6 Å². The molecule has 0 radical (unpaired) electrons. The summed E-state index contributed by atoms with van der Waals surface area (Å²) in [5, 5.41) is 3.47. The number of carbonyl (C=O) groups is 1. The Balaban J connectivity index is 1.78. The average molecular weight is 327 g/mol. The van der Waals surface area contributed by atoms with E-state index in [1.54, 1.807) is 6.07 Å². The van der Waals surface area contributed by atoms with Crippen LogP contribution in [0.15, 0.2) is 35.5 Å². The fourth-order valence-corrected chi connectivity index (χ4v) is 2.78. The molecule has 1 N–H and O–H groups in total. The quantitative estimate of drug-likeness (QED) is 0.588. The van der Waals surface area contributed by atoms with E-state index in [0.717, 1.165) is 22.6 Å². The summed E-state index contributed by atoms with van der Waals surface area (Å²) in [7, 11) is 1.94. The molecular formula is C16H17N5OS. The number of nitrogens with one attached hydrogen (secondary N) is 1. The van der Waals surface area contributed by atoms with Gasteiger partial charge in [0.05, 0.1) is 17.6 Å². The van der Waals surface area contributed by atoms with Crippen LogP contribution >= 0.6 is 11.8 Å². The minimum Gasteiger partial charge on any atom is -0.343 e. The van der Waals surface area contributed by atoms with Crippen molar-refractivity contribution in [2.24, 2.45) is 7.05 Å². The van der Waals surface area contributed by atoms with Gasteiger partial charge in [-0.3, -0.25) is 4.79 Å². The summed E-state index contributed by atoms with van der Waals surface area (Å²) in [5.74, 6) is 0.577. The predicted molar refractivity (Wildman–Crippen MR) is 90.4 cm³/mol. The van der Waals surface area contributed by atoms with E-state index in [4.69, 9.17) is 0 Å². The van der Waals surface area contributed by atoms with Crippen molar-refractivity contribution in [1.29, 1.82) is 0 Å². The van der Waals surface area contributed by atoms with Gasteiger partial charge < -0.3 is 9.88 Å². The fourth-order valence-electron chi connectivity index (χ4n) is 2.35. The number of thioether (sulfide) groups is 1. The van der Waals surface area contributed by atoms with E-state index in [2.05, 4.69) is 20.3 Å². The lowest BCUT2D eigenvalue weighted by Crippen LogP contribution is -2.25. The Bertz CT molecular complexity index is 874. The first-order chi connectivity index (χ1) is 11.1. The van der Waals surface area contributed by atoms with E-state index in [1.807, 2.05) is 49.1 Å². The van der Waals surface area contributed by atoms with Gasteiger partial charge in [0.25, 0.3) is 5.91 Å². The molecule has 7 heteroatoms. The molecule has 0 saturated heterocycles. The Hall–Kier alpha value is -2.41. The van der Waals surface area contributed by atoms with E-state index < -0.39 is 0 Å². The molecule has 0 atom stereocenters. The van der Waals surface area contributed by atoms with Gasteiger partial charge in [-0.05, 0) is 31.4 Å². The van der Waals surface area contributed by atoms with Crippen molar-refractivity contribution in [2.75, 3.05) is 6.26 Å². The van der Waals surface area contributed by atoms with Crippen molar-refractivity contribution in [2.45, 2.75) is 18.6 Å². The van der Waals surface area contributed by atoms with Gasteiger partial charge in [-0.1, -0.05) is 23.9 Å². The summed E-state index contributed by atoms with van der Waals surface area (Å²) >= 11 is 1.42. The smallest absolute Gasteiger partial charge is 0.270 e. The van der Waals surface area contributed by atoms with Gasteiger partial charge in [-0.15, -0.1) is 0 Å². The highest BCUT2D eigenvalue weighted by Crippen LogP contribution is 2.14. The molecule has 6 nitrogen and oxygen atoms in total. The van der Waals surface area contributed by atoms with Crippen LogP contribution < -0.4 is 5.32 Å². The number of fused-ring (bicyclic) bond motifs is 1. The highest BCUT2D eigenvalue weighted by Gasteiger charge is 2.12. The third-order valence-corrected chi connectivity index (χ3v) is 4.08. The molecule has 3 aromatic rings. The van der Waals surface area contributed by atoms with E-state index in [-0.39, 0.29) is 5.91 Å². The lowest BCUT2D eigenvalue weighted by atomic mass is 10.3. The molecule has 118 valence electrons. The third-order valence-electron chi connectivity index (χ3n) is 3.54. The Morgan fingerprint density at radius 3 is 2.78 bits per heavy atom.